The minimum atomic E-state index is -0.163. The van der Waals surface area contributed by atoms with E-state index in [-0.39, 0.29) is 6.04 Å². The van der Waals surface area contributed by atoms with Crippen LogP contribution in [0.2, 0.25) is 5.02 Å². The molecule has 2 N–H and O–H groups in total. The third-order valence-corrected chi connectivity index (χ3v) is 3.38. The zero-order valence-corrected chi connectivity index (χ0v) is 11.3. The van der Waals surface area contributed by atoms with E-state index < -0.39 is 0 Å². The minimum Gasteiger partial charge on any atom is -0.322 e. The summed E-state index contributed by atoms with van der Waals surface area (Å²) in [5.74, 6) is 0.814. The van der Waals surface area contributed by atoms with E-state index in [0.29, 0.717) is 5.02 Å². The van der Waals surface area contributed by atoms with Crippen LogP contribution in [0.3, 0.4) is 0 Å². The number of rotatable bonds is 2. The summed E-state index contributed by atoms with van der Waals surface area (Å²) < 4.78 is 2.03. The first-order chi connectivity index (χ1) is 9.18. The number of halogens is 1. The van der Waals surface area contributed by atoms with Gasteiger partial charge in [-0.15, -0.1) is 0 Å². The predicted octanol–water partition coefficient (Wildman–Crippen LogP) is 3.70. The first-order valence-corrected chi connectivity index (χ1v) is 6.54. The molecule has 19 heavy (non-hydrogen) atoms. The van der Waals surface area contributed by atoms with Gasteiger partial charge < -0.3 is 5.73 Å². The van der Waals surface area contributed by atoms with E-state index in [1.54, 1.807) is 0 Å². The van der Waals surface area contributed by atoms with Crippen LogP contribution < -0.4 is 5.73 Å². The molecule has 2 aromatic carbocycles. The van der Waals surface area contributed by atoms with E-state index in [0.717, 1.165) is 22.5 Å². The Morgan fingerprint density at radius 1 is 1.11 bits per heavy atom. The molecule has 4 heteroatoms. The van der Waals surface area contributed by atoms with Crippen molar-refractivity contribution in [1.29, 1.82) is 0 Å². The molecule has 0 aliphatic heterocycles. The van der Waals surface area contributed by atoms with Gasteiger partial charge in [-0.3, -0.25) is 4.57 Å². The van der Waals surface area contributed by atoms with Crippen molar-refractivity contribution >= 4 is 22.6 Å². The van der Waals surface area contributed by atoms with E-state index >= 15 is 0 Å². The molecule has 1 heterocycles. The Morgan fingerprint density at radius 2 is 1.84 bits per heavy atom. The fraction of sp³-hybridized carbons (Fsp3) is 0.133. The van der Waals surface area contributed by atoms with Crippen LogP contribution in [-0.4, -0.2) is 9.55 Å². The van der Waals surface area contributed by atoms with Crippen molar-refractivity contribution in [3.63, 3.8) is 0 Å². The monoisotopic (exact) mass is 271 g/mol. The lowest BCUT2D eigenvalue weighted by Gasteiger charge is -2.11. The fourth-order valence-corrected chi connectivity index (χ4v) is 2.50. The summed E-state index contributed by atoms with van der Waals surface area (Å²) in [6, 6.07) is 15.6. The molecule has 96 valence electrons. The first-order valence-electron chi connectivity index (χ1n) is 6.16. The topological polar surface area (TPSA) is 43.8 Å². The molecule has 0 amide bonds. The summed E-state index contributed by atoms with van der Waals surface area (Å²) >= 11 is 6.33. The van der Waals surface area contributed by atoms with Gasteiger partial charge in [0.2, 0.25) is 0 Å². The molecule has 0 bridgehead atoms. The molecule has 0 radical (unpaired) electrons. The Labute approximate surface area is 116 Å². The maximum Gasteiger partial charge on any atom is 0.131 e. The molecule has 1 atom stereocenters. The van der Waals surface area contributed by atoms with Gasteiger partial charge in [0.05, 0.1) is 22.1 Å². The van der Waals surface area contributed by atoms with Crippen LogP contribution in [0.25, 0.3) is 16.7 Å². The van der Waals surface area contributed by atoms with Gasteiger partial charge in [-0.05, 0) is 31.2 Å². The zero-order chi connectivity index (χ0) is 13.4. The molecule has 0 aliphatic carbocycles. The number of hydrogen-bond acceptors (Lipinski definition) is 2. The molecule has 3 rings (SSSR count). The number of nitrogens with two attached hydrogens (primary N) is 1. The highest BCUT2D eigenvalue weighted by atomic mass is 35.5. The molecular weight excluding hydrogens is 258 g/mol. The van der Waals surface area contributed by atoms with E-state index in [4.69, 9.17) is 17.3 Å². The summed E-state index contributed by atoms with van der Waals surface area (Å²) in [4.78, 5) is 4.60. The lowest BCUT2D eigenvalue weighted by Crippen LogP contribution is -2.12. The van der Waals surface area contributed by atoms with Gasteiger partial charge in [0.25, 0.3) is 0 Å². The van der Waals surface area contributed by atoms with Crippen molar-refractivity contribution in [2.24, 2.45) is 5.73 Å². The fourth-order valence-electron chi connectivity index (χ4n) is 2.25. The van der Waals surface area contributed by atoms with Gasteiger partial charge in [-0.1, -0.05) is 35.9 Å². The van der Waals surface area contributed by atoms with Crippen LogP contribution in [0.15, 0.2) is 48.5 Å². The van der Waals surface area contributed by atoms with Crippen LogP contribution in [-0.2, 0) is 0 Å². The average molecular weight is 272 g/mol. The second-order valence-corrected chi connectivity index (χ2v) is 4.94. The third kappa shape index (κ3) is 2.01. The summed E-state index contributed by atoms with van der Waals surface area (Å²) in [5.41, 5.74) is 8.83. The summed E-state index contributed by atoms with van der Waals surface area (Å²) in [6.07, 6.45) is 0. The Bertz CT molecular complexity index is 717. The van der Waals surface area contributed by atoms with E-state index in [2.05, 4.69) is 4.98 Å². The van der Waals surface area contributed by atoms with Crippen molar-refractivity contribution in [2.45, 2.75) is 13.0 Å². The number of aromatic nitrogens is 2. The lowest BCUT2D eigenvalue weighted by atomic mass is 10.2. The minimum absolute atomic E-state index is 0.163. The molecule has 0 saturated carbocycles. The standard InChI is InChI=1S/C15H14ClN3/c1-10(17)15-18-13-9-5-8-12(16)14(13)19(15)11-6-3-2-4-7-11/h2-10H,17H2,1H3. The van der Waals surface area contributed by atoms with Crippen molar-refractivity contribution in [3.05, 3.63) is 59.4 Å². The second-order valence-electron chi connectivity index (χ2n) is 4.54. The predicted molar refractivity (Wildman–Crippen MR) is 78.7 cm³/mol. The van der Waals surface area contributed by atoms with Gasteiger partial charge in [-0.25, -0.2) is 4.98 Å². The van der Waals surface area contributed by atoms with Crippen LogP contribution >= 0.6 is 11.6 Å². The summed E-state index contributed by atoms with van der Waals surface area (Å²) in [7, 11) is 0. The maximum atomic E-state index is 6.33. The smallest absolute Gasteiger partial charge is 0.131 e. The molecule has 3 aromatic rings. The van der Waals surface area contributed by atoms with E-state index in [9.17, 15) is 0 Å². The third-order valence-electron chi connectivity index (χ3n) is 3.07. The number of fused-ring (bicyclic) bond motifs is 1. The molecule has 0 aliphatic rings. The summed E-state index contributed by atoms with van der Waals surface area (Å²) in [6.45, 7) is 1.93. The quantitative estimate of drug-likeness (QED) is 0.772. The SMILES string of the molecule is CC(N)c1nc2cccc(Cl)c2n1-c1ccccc1. The van der Waals surface area contributed by atoms with E-state index in [1.807, 2.05) is 60.0 Å². The van der Waals surface area contributed by atoms with Crippen molar-refractivity contribution < 1.29 is 0 Å². The Hall–Kier alpha value is -1.84. The Morgan fingerprint density at radius 3 is 2.53 bits per heavy atom. The van der Waals surface area contributed by atoms with Crippen LogP contribution in [0.4, 0.5) is 0 Å². The second kappa shape index (κ2) is 4.68. The molecule has 1 unspecified atom stereocenters. The van der Waals surface area contributed by atoms with Crippen molar-refractivity contribution in [1.82, 2.24) is 9.55 Å². The highest BCUT2D eigenvalue weighted by Gasteiger charge is 2.16. The van der Waals surface area contributed by atoms with Gasteiger partial charge in [0.1, 0.15) is 5.82 Å². The van der Waals surface area contributed by atoms with Crippen LogP contribution in [0.5, 0.6) is 0 Å². The molecule has 1 aromatic heterocycles. The normalized spacial score (nSPS) is 12.8. The highest BCUT2D eigenvalue weighted by Crippen LogP contribution is 2.29. The molecule has 3 nitrogen and oxygen atoms in total. The largest absolute Gasteiger partial charge is 0.322 e. The Kier molecular flexibility index (Phi) is 3.01. The zero-order valence-electron chi connectivity index (χ0n) is 10.5. The first kappa shape index (κ1) is 12.2. The van der Waals surface area contributed by atoms with Gasteiger partial charge in [-0.2, -0.15) is 0 Å². The highest BCUT2D eigenvalue weighted by molar-refractivity contribution is 6.35. The number of para-hydroxylation sites is 2. The maximum absolute atomic E-state index is 6.33. The van der Waals surface area contributed by atoms with Crippen LogP contribution in [0.1, 0.15) is 18.8 Å². The molecular formula is C15H14ClN3. The number of hydrogen-bond donors (Lipinski definition) is 1. The van der Waals surface area contributed by atoms with Gasteiger partial charge in [0, 0.05) is 5.69 Å². The summed E-state index contributed by atoms with van der Waals surface area (Å²) in [5, 5.41) is 0.681. The van der Waals surface area contributed by atoms with Crippen molar-refractivity contribution in [2.75, 3.05) is 0 Å². The van der Waals surface area contributed by atoms with Crippen molar-refractivity contribution in [3.8, 4) is 5.69 Å². The average Bonchev–Trinajstić information content (AvgIpc) is 2.81. The molecule has 0 fully saturated rings. The van der Waals surface area contributed by atoms with E-state index in [1.165, 1.54) is 0 Å². The number of nitrogens with zero attached hydrogens (tertiary/aromatic N) is 2. The molecule has 0 spiro atoms. The van der Waals surface area contributed by atoms with Gasteiger partial charge >= 0.3 is 0 Å². The number of imidazole rings is 1. The Balaban J connectivity index is 2.40. The molecule has 0 saturated heterocycles. The lowest BCUT2D eigenvalue weighted by molar-refractivity contribution is 0.727. The van der Waals surface area contributed by atoms with Gasteiger partial charge in [0.15, 0.2) is 0 Å². The number of benzene rings is 2. The van der Waals surface area contributed by atoms with Crippen LogP contribution in [0, 0.1) is 0 Å².